The molecule has 3 nitrogen and oxygen atoms in total. The van der Waals surface area contributed by atoms with Crippen LogP contribution in [0.4, 0.5) is 0 Å². The molecule has 2 N–H and O–H groups in total. The second-order valence-corrected chi connectivity index (χ2v) is 5.28. The molecule has 1 saturated heterocycles. The Hall–Kier alpha value is -0.870. The maximum atomic E-state index is 12.1. The Bertz CT molecular complexity index is 414. The number of nitrogens with one attached hydrogen (secondary N) is 2. The molecule has 0 bridgehead atoms. The molecule has 1 fully saturated rings. The Balaban J connectivity index is 2.06. The number of hydrogen-bond acceptors (Lipinski definition) is 2. The van der Waals surface area contributed by atoms with E-state index >= 15 is 0 Å². The summed E-state index contributed by atoms with van der Waals surface area (Å²) in [5.74, 6) is 0.0255. The first-order valence-corrected chi connectivity index (χ1v) is 6.74. The predicted octanol–water partition coefficient (Wildman–Crippen LogP) is 2.24. The first-order chi connectivity index (χ1) is 8.18. The van der Waals surface area contributed by atoms with Crippen molar-refractivity contribution in [2.75, 3.05) is 13.1 Å². The molecule has 1 heterocycles. The normalized spacial score (nSPS) is 20.0. The van der Waals surface area contributed by atoms with E-state index in [-0.39, 0.29) is 11.9 Å². The molecule has 1 aromatic rings. The van der Waals surface area contributed by atoms with Crippen LogP contribution < -0.4 is 10.6 Å². The van der Waals surface area contributed by atoms with Crippen LogP contribution in [0.2, 0.25) is 0 Å². The molecule has 92 valence electrons. The van der Waals surface area contributed by atoms with Gasteiger partial charge in [0, 0.05) is 22.6 Å². The van der Waals surface area contributed by atoms with E-state index in [2.05, 4.69) is 26.6 Å². The second-order valence-electron chi connectivity index (χ2n) is 4.43. The maximum absolute atomic E-state index is 12.1. The largest absolute Gasteiger partial charge is 0.348 e. The fourth-order valence-corrected chi connectivity index (χ4v) is 2.46. The number of halogens is 1. The van der Waals surface area contributed by atoms with Gasteiger partial charge < -0.3 is 10.6 Å². The van der Waals surface area contributed by atoms with E-state index in [1.807, 2.05) is 25.1 Å². The Morgan fingerprint density at radius 1 is 1.53 bits per heavy atom. The smallest absolute Gasteiger partial charge is 0.251 e. The summed E-state index contributed by atoms with van der Waals surface area (Å²) < 4.78 is 0.979. The van der Waals surface area contributed by atoms with Crippen molar-refractivity contribution in [3.05, 3.63) is 33.8 Å². The minimum absolute atomic E-state index is 0.0255. The minimum Gasteiger partial charge on any atom is -0.348 e. The zero-order valence-electron chi connectivity index (χ0n) is 9.92. The molecule has 1 aromatic carbocycles. The van der Waals surface area contributed by atoms with E-state index in [1.54, 1.807) is 0 Å². The zero-order chi connectivity index (χ0) is 12.3. The lowest BCUT2D eigenvalue weighted by Crippen LogP contribution is -2.45. The van der Waals surface area contributed by atoms with Crippen molar-refractivity contribution >= 4 is 21.8 Å². The minimum atomic E-state index is 0.0255. The molecule has 2 rings (SSSR count). The van der Waals surface area contributed by atoms with Crippen molar-refractivity contribution in [3.8, 4) is 0 Å². The summed E-state index contributed by atoms with van der Waals surface area (Å²) in [5.41, 5.74) is 1.75. The predicted molar refractivity (Wildman–Crippen MR) is 72.2 cm³/mol. The number of rotatable bonds is 2. The van der Waals surface area contributed by atoms with Gasteiger partial charge in [0.1, 0.15) is 0 Å². The van der Waals surface area contributed by atoms with Gasteiger partial charge in [-0.15, -0.1) is 0 Å². The number of amides is 1. The average molecular weight is 297 g/mol. The highest BCUT2D eigenvalue weighted by molar-refractivity contribution is 9.10. The maximum Gasteiger partial charge on any atom is 0.251 e. The number of carbonyl (C=O) groups excluding carboxylic acids is 1. The molecule has 1 unspecified atom stereocenters. The average Bonchev–Trinajstić information content (AvgIpc) is 2.34. The van der Waals surface area contributed by atoms with Crippen LogP contribution in [0.25, 0.3) is 0 Å². The molecule has 0 aromatic heterocycles. The van der Waals surface area contributed by atoms with Crippen molar-refractivity contribution in [1.82, 2.24) is 10.6 Å². The van der Waals surface area contributed by atoms with Gasteiger partial charge >= 0.3 is 0 Å². The standard InChI is InChI=1S/C13H17BrN2O/c1-9-11(5-2-6-12(9)14)13(17)16-10-4-3-7-15-8-10/h2,5-6,10,15H,3-4,7-8H2,1H3,(H,16,17). The first kappa shape index (κ1) is 12.6. The molecule has 0 radical (unpaired) electrons. The molecule has 1 atom stereocenters. The van der Waals surface area contributed by atoms with Crippen LogP contribution in [0.3, 0.4) is 0 Å². The zero-order valence-corrected chi connectivity index (χ0v) is 11.5. The van der Waals surface area contributed by atoms with E-state index in [1.165, 1.54) is 0 Å². The topological polar surface area (TPSA) is 41.1 Å². The number of benzene rings is 1. The fourth-order valence-electron chi connectivity index (χ4n) is 2.09. The van der Waals surface area contributed by atoms with Gasteiger partial charge in [-0.25, -0.2) is 0 Å². The summed E-state index contributed by atoms with van der Waals surface area (Å²) in [6.45, 7) is 3.89. The van der Waals surface area contributed by atoms with E-state index in [4.69, 9.17) is 0 Å². The van der Waals surface area contributed by atoms with Gasteiger partial charge in [0.05, 0.1) is 0 Å². The summed E-state index contributed by atoms with van der Waals surface area (Å²) in [4.78, 5) is 12.1. The second kappa shape index (κ2) is 5.65. The summed E-state index contributed by atoms with van der Waals surface area (Å²) in [6.07, 6.45) is 2.19. The summed E-state index contributed by atoms with van der Waals surface area (Å²) in [7, 11) is 0. The van der Waals surface area contributed by atoms with Gasteiger partial charge in [-0.1, -0.05) is 22.0 Å². The number of carbonyl (C=O) groups is 1. The van der Waals surface area contributed by atoms with E-state index < -0.39 is 0 Å². The van der Waals surface area contributed by atoms with Crippen LogP contribution in [-0.4, -0.2) is 25.0 Å². The van der Waals surface area contributed by atoms with Crippen molar-refractivity contribution in [2.45, 2.75) is 25.8 Å². The molecule has 1 aliphatic rings. The van der Waals surface area contributed by atoms with Crippen molar-refractivity contribution in [3.63, 3.8) is 0 Å². The molecule has 0 saturated carbocycles. The SMILES string of the molecule is Cc1c(Br)cccc1C(=O)NC1CCCNC1. The Kier molecular flexibility index (Phi) is 4.18. The van der Waals surface area contributed by atoms with Crippen LogP contribution in [0.5, 0.6) is 0 Å². The third-order valence-electron chi connectivity index (χ3n) is 3.14. The molecule has 0 spiro atoms. The Morgan fingerprint density at radius 2 is 2.35 bits per heavy atom. The quantitative estimate of drug-likeness (QED) is 0.879. The summed E-state index contributed by atoms with van der Waals surface area (Å²) >= 11 is 3.45. The summed E-state index contributed by atoms with van der Waals surface area (Å²) in [6, 6.07) is 5.97. The lowest BCUT2D eigenvalue weighted by molar-refractivity contribution is 0.0930. The van der Waals surface area contributed by atoms with E-state index in [0.717, 1.165) is 41.5 Å². The van der Waals surface area contributed by atoms with Crippen LogP contribution in [0.1, 0.15) is 28.8 Å². The highest BCUT2D eigenvalue weighted by Crippen LogP contribution is 2.19. The highest BCUT2D eigenvalue weighted by Gasteiger charge is 2.17. The van der Waals surface area contributed by atoms with Gasteiger partial charge in [-0.3, -0.25) is 4.79 Å². The van der Waals surface area contributed by atoms with Crippen molar-refractivity contribution in [1.29, 1.82) is 0 Å². The summed E-state index contributed by atoms with van der Waals surface area (Å²) in [5, 5.41) is 6.37. The van der Waals surface area contributed by atoms with E-state index in [9.17, 15) is 4.79 Å². The molecule has 1 amide bonds. The van der Waals surface area contributed by atoms with Crippen LogP contribution in [-0.2, 0) is 0 Å². The van der Waals surface area contributed by atoms with Gasteiger partial charge in [-0.05, 0) is 44.0 Å². The molecule has 17 heavy (non-hydrogen) atoms. The molecule has 1 aliphatic heterocycles. The van der Waals surface area contributed by atoms with Gasteiger partial charge in [0.25, 0.3) is 5.91 Å². The number of hydrogen-bond donors (Lipinski definition) is 2. The third-order valence-corrected chi connectivity index (χ3v) is 4.00. The molecule has 0 aliphatic carbocycles. The van der Waals surface area contributed by atoms with Crippen molar-refractivity contribution in [2.24, 2.45) is 0 Å². The third kappa shape index (κ3) is 3.07. The molecule has 4 heteroatoms. The van der Waals surface area contributed by atoms with Crippen LogP contribution >= 0.6 is 15.9 Å². The van der Waals surface area contributed by atoms with Crippen LogP contribution in [0, 0.1) is 6.92 Å². The lowest BCUT2D eigenvalue weighted by atomic mass is 10.1. The van der Waals surface area contributed by atoms with Crippen LogP contribution in [0.15, 0.2) is 22.7 Å². The monoisotopic (exact) mass is 296 g/mol. The van der Waals surface area contributed by atoms with Gasteiger partial charge in [0.15, 0.2) is 0 Å². The number of piperidine rings is 1. The Morgan fingerprint density at radius 3 is 3.06 bits per heavy atom. The highest BCUT2D eigenvalue weighted by atomic mass is 79.9. The van der Waals surface area contributed by atoms with Crippen molar-refractivity contribution < 1.29 is 4.79 Å². The van der Waals surface area contributed by atoms with Gasteiger partial charge in [-0.2, -0.15) is 0 Å². The lowest BCUT2D eigenvalue weighted by Gasteiger charge is -2.24. The fraction of sp³-hybridized carbons (Fsp3) is 0.462. The first-order valence-electron chi connectivity index (χ1n) is 5.95. The molecular formula is C13H17BrN2O. The van der Waals surface area contributed by atoms with Gasteiger partial charge in [0.2, 0.25) is 0 Å². The van der Waals surface area contributed by atoms with E-state index in [0.29, 0.717) is 0 Å². The Labute approximate surface area is 110 Å². The molecular weight excluding hydrogens is 280 g/mol.